The number of aromatic nitrogens is 1. The van der Waals surface area contributed by atoms with Gasteiger partial charge in [0.1, 0.15) is 11.9 Å². The van der Waals surface area contributed by atoms with Crippen molar-refractivity contribution >= 4 is 11.6 Å². The zero-order valence-electron chi connectivity index (χ0n) is 8.21. The third-order valence-electron chi connectivity index (χ3n) is 1.74. The molecule has 15 heavy (non-hydrogen) atoms. The number of nitro groups is 1. The second-order valence-corrected chi connectivity index (χ2v) is 2.64. The van der Waals surface area contributed by atoms with Gasteiger partial charge < -0.3 is 0 Å². The maximum atomic E-state index is 11.4. The summed E-state index contributed by atoms with van der Waals surface area (Å²) in [5.41, 5.74) is -0.0726. The molecule has 0 radical (unpaired) electrons. The lowest BCUT2D eigenvalue weighted by molar-refractivity contribution is -0.385. The average Bonchev–Trinajstić information content (AvgIpc) is 2.27. The first-order chi connectivity index (χ1) is 7.06. The third-order valence-corrected chi connectivity index (χ3v) is 1.74. The molecular weight excluding hydrogens is 202 g/mol. The standard InChI is InChI=1S/C8H9N3O4/c1-10(15-2)8(12)7-4-3-6(5-9-7)11(13)14/h3-5H,1-2H3. The van der Waals surface area contributed by atoms with Gasteiger partial charge in [-0.15, -0.1) is 0 Å². The molecule has 0 spiro atoms. The van der Waals surface area contributed by atoms with Crippen LogP contribution in [-0.2, 0) is 4.84 Å². The summed E-state index contributed by atoms with van der Waals surface area (Å²) < 4.78 is 0. The van der Waals surface area contributed by atoms with Gasteiger partial charge >= 0.3 is 0 Å². The molecule has 0 unspecified atom stereocenters. The molecule has 7 nitrogen and oxygen atoms in total. The lowest BCUT2D eigenvalue weighted by Gasteiger charge is -2.12. The number of nitrogens with zero attached hydrogens (tertiary/aromatic N) is 3. The zero-order chi connectivity index (χ0) is 11.4. The van der Waals surface area contributed by atoms with Crippen LogP contribution in [-0.4, -0.2) is 35.0 Å². The summed E-state index contributed by atoms with van der Waals surface area (Å²) in [6, 6.07) is 2.49. The van der Waals surface area contributed by atoms with E-state index in [1.54, 1.807) is 0 Å². The minimum absolute atomic E-state index is 0.0879. The fourth-order valence-corrected chi connectivity index (χ4v) is 0.865. The molecule has 1 amide bonds. The largest absolute Gasteiger partial charge is 0.295 e. The highest BCUT2D eigenvalue weighted by Gasteiger charge is 2.14. The second kappa shape index (κ2) is 4.47. The van der Waals surface area contributed by atoms with Crippen LogP contribution in [0.3, 0.4) is 0 Å². The Hall–Kier alpha value is -2.02. The quantitative estimate of drug-likeness (QED) is 0.540. The van der Waals surface area contributed by atoms with Gasteiger partial charge in [0.25, 0.3) is 11.6 Å². The van der Waals surface area contributed by atoms with E-state index in [0.717, 1.165) is 11.3 Å². The van der Waals surface area contributed by atoms with Crippen molar-refractivity contribution in [2.45, 2.75) is 0 Å². The van der Waals surface area contributed by atoms with Crippen LogP contribution < -0.4 is 0 Å². The lowest BCUT2D eigenvalue weighted by atomic mass is 10.3. The number of carbonyl (C=O) groups is 1. The van der Waals surface area contributed by atoms with Gasteiger partial charge in [0, 0.05) is 13.1 Å². The van der Waals surface area contributed by atoms with Gasteiger partial charge in [0.05, 0.1) is 12.0 Å². The fraction of sp³-hybridized carbons (Fsp3) is 0.250. The average molecular weight is 211 g/mol. The predicted molar refractivity (Wildman–Crippen MR) is 50.0 cm³/mol. The van der Waals surface area contributed by atoms with Crippen LogP contribution in [0.5, 0.6) is 0 Å². The SMILES string of the molecule is CON(C)C(=O)c1ccc([N+](=O)[O-])cn1. The molecule has 0 atom stereocenters. The van der Waals surface area contributed by atoms with Crippen LogP contribution in [0.25, 0.3) is 0 Å². The number of amides is 1. The van der Waals surface area contributed by atoms with E-state index in [2.05, 4.69) is 9.82 Å². The maximum Gasteiger partial charge on any atom is 0.295 e. The Morgan fingerprint density at radius 2 is 2.27 bits per heavy atom. The summed E-state index contributed by atoms with van der Waals surface area (Å²) >= 11 is 0. The van der Waals surface area contributed by atoms with E-state index in [9.17, 15) is 14.9 Å². The van der Waals surface area contributed by atoms with Gasteiger partial charge in [0.2, 0.25) is 0 Å². The first-order valence-electron chi connectivity index (χ1n) is 3.99. The van der Waals surface area contributed by atoms with Crippen LogP contribution in [0.15, 0.2) is 18.3 Å². The van der Waals surface area contributed by atoms with E-state index in [1.165, 1.54) is 26.3 Å². The molecule has 1 aromatic rings. The van der Waals surface area contributed by atoms with Crippen LogP contribution in [0.1, 0.15) is 10.5 Å². The summed E-state index contributed by atoms with van der Waals surface area (Å²) in [4.78, 5) is 29.5. The van der Waals surface area contributed by atoms with Crippen molar-refractivity contribution < 1.29 is 14.6 Å². The van der Waals surface area contributed by atoms with Crippen LogP contribution >= 0.6 is 0 Å². The van der Waals surface area contributed by atoms with E-state index < -0.39 is 10.8 Å². The van der Waals surface area contributed by atoms with Crippen molar-refractivity contribution in [3.05, 3.63) is 34.1 Å². The van der Waals surface area contributed by atoms with Crippen LogP contribution in [0, 0.1) is 10.1 Å². The normalized spacial score (nSPS) is 9.73. The van der Waals surface area contributed by atoms with Crippen molar-refractivity contribution in [1.29, 1.82) is 0 Å². The van der Waals surface area contributed by atoms with Gasteiger partial charge in [0.15, 0.2) is 0 Å². The van der Waals surface area contributed by atoms with E-state index >= 15 is 0 Å². The highest BCUT2D eigenvalue weighted by atomic mass is 16.7. The van der Waals surface area contributed by atoms with Crippen LogP contribution in [0.2, 0.25) is 0 Å². The summed E-state index contributed by atoms with van der Waals surface area (Å²) in [6.07, 6.45) is 1.02. The van der Waals surface area contributed by atoms with E-state index in [-0.39, 0.29) is 11.4 Å². The minimum atomic E-state index is -0.582. The summed E-state index contributed by atoms with van der Waals surface area (Å²) in [5, 5.41) is 11.3. The molecule has 0 aliphatic heterocycles. The predicted octanol–water partition coefficient (Wildman–Crippen LogP) is 0.623. The molecule has 1 heterocycles. The molecule has 0 saturated carbocycles. The molecule has 0 aliphatic carbocycles. The Bertz CT molecular complexity index is 376. The van der Waals surface area contributed by atoms with E-state index in [0.29, 0.717) is 0 Å². The zero-order valence-corrected chi connectivity index (χ0v) is 8.21. The lowest BCUT2D eigenvalue weighted by Crippen LogP contribution is -2.26. The molecule has 0 saturated heterocycles. The monoisotopic (exact) mass is 211 g/mol. The van der Waals surface area contributed by atoms with E-state index in [1.807, 2.05) is 0 Å². The van der Waals surface area contributed by atoms with Gasteiger partial charge in [-0.3, -0.25) is 19.7 Å². The Labute approximate surface area is 85.4 Å². The number of pyridine rings is 1. The maximum absolute atomic E-state index is 11.4. The number of carbonyl (C=O) groups excluding carboxylic acids is 1. The van der Waals surface area contributed by atoms with Gasteiger partial charge in [-0.25, -0.2) is 10.0 Å². The summed E-state index contributed by atoms with van der Waals surface area (Å²) in [6.45, 7) is 0. The molecule has 1 rings (SSSR count). The van der Waals surface area contributed by atoms with E-state index in [4.69, 9.17) is 0 Å². The summed E-state index contributed by atoms with van der Waals surface area (Å²) in [5.74, 6) is -0.465. The molecule has 7 heteroatoms. The second-order valence-electron chi connectivity index (χ2n) is 2.64. The van der Waals surface area contributed by atoms with Crippen molar-refractivity contribution in [3.8, 4) is 0 Å². The van der Waals surface area contributed by atoms with Crippen molar-refractivity contribution in [2.24, 2.45) is 0 Å². The number of hydroxylamine groups is 2. The van der Waals surface area contributed by atoms with Gasteiger partial charge in [-0.2, -0.15) is 0 Å². The smallest absolute Gasteiger partial charge is 0.274 e. The first kappa shape index (κ1) is 11.1. The van der Waals surface area contributed by atoms with Crippen molar-refractivity contribution in [2.75, 3.05) is 14.2 Å². The highest BCUT2D eigenvalue weighted by Crippen LogP contribution is 2.09. The minimum Gasteiger partial charge on any atom is -0.274 e. The first-order valence-corrected chi connectivity index (χ1v) is 3.99. The van der Waals surface area contributed by atoms with Crippen molar-refractivity contribution in [3.63, 3.8) is 0 Å². The molecule has 0 fully saturated rings. The van der Waals surface area contributed by atoms with Gasteiger partial charge in [-0.1, -0.05) is 0 Å². The highest BCUT2D eigenvalue weighted by molar-refractivity contribution is 5.91. The third kappa shape index (κ3) is 2.47. The fourth-order valence-electron chi connectivity index (χ4n) is 0.865. The molecule has 0 aromatic carbocycles. The number of rotatable bonds is 3. The Morgan fingerprint density at radius 1 is 1.60 bits per heavy atom. The summed E-state index contributed by atoms with van der Waals surface area (Å²) in [7, 11) is 2.76. The van der Waals surface area contributed by atoms with Crippen molar-refractivity contribution in [1.82, 2.24) is 10.0 Å². The Kier molecular flexibility index (Phi) is 3.29. The molecule has 0 bridgehead atoms. The molecule has 80 valence electrons. The molecular formula is C8H9N3O4. The van der Waals surface area contributed by atoms with Crippen LogP contribution in [0.4, 0.5) is 5.69 Å². The van der Waals surface area contributed by atoms with Gasteiger partial charge in [-0.05, 0) is 6.07 Å². The molecule has 1 aromatic heterocycles. The number of hydrogen-bond acceptors (Lipinski definition) is 5. The Morgan fingerprint density at radius 3 is 2.67 bits per heavy atom. The topological polar surface area (TPSA) is 85.6 Å². The molecule has 0 N–H and O–H groups in total. The molecule has 0 aliphatic rings. The Balaban J connectivity index is 2.89. The number of hydrogen-bond donors (Lipinski definition) is 0.